The molecule has 38 heavy (non-hydrogen) atoms. The van der Waals surface area contributed by atoms with Crippen molar-refractivity contribution in [1.82, 2.24) is 14.4 Å². The number of hydrogen-bond donors (Lipinski definition) is 2. The monoisotopic (exact) mass is 554 g/mol. The molecule has 0 bridgehead atoms. The Morgan fingerprint density at radius 3 is 2.39 bits per heavy atom. The van der Waals surface area contributed by atoms with Crippen molar-refractivity contribution >= 4 is 21.8 Å². The summed E-state index contributed by atoms with van der Waals surface area (Å²) in [6, 6.07) is 8.84. The van der Waals surface area contributed by atoms with Gasteiger partial charge in [0.2, 0.25) is 10.0 Å². The van der Waals surface area contributed by atoms with Crippen LogP contribution in [0.5, 0.6) is 0 Å². The lowest BCUT2D eigenvalue weighted by Crippen LogP contribution is -2.58. The van der Waals surface area contributed by atoms with Crippen molar-refractivity contribution in [3.63, 3.8) is 0 Å². The average molecular weight is 555 g/mol. The van der Waals surface area contributed by atoms with Gasteiger partial charge in [-0.15, -0.1) is 0 Å². The van der Waals surface area contributed by atoms with Crippen LogP contribution in [0, 0.1) is 19.3 Å². The van der Waals surface area contributed by atoms with E-state index >= 15 is 0 Å². The number of nitrogens with zero attached hydrogens (tertiary/aromatic N) is 3. The molecule has 10 nitrogen and oxygen atoms in total. The Balaban J connectivity index is 0.000000426. The van der Waals surface area contributed by atoms with Crippen LogP contribution in [0.3, 0.4) is 0 Å². The second-order valence-corrected chi connectivity index (χ2v) is 11.3. The Kier molecular flexibility index (Phi) is 7.25. The number of ether oxygens (including phenoxy) is 1. The highest BCUT2D eigenvalue weighted by molar-refractivity contribution is 7.89. The minimum absolute atomic E-state index is 0.00835. The number of sulfonamides is 1. The van der Waals surface area contributed by atoms with Crippen molar-refractivity contribution in [3.05, 3.63) is 47.8 Å². The van der Waals surface area contributed by atoms with Gasteiger partial charge in [-0.1, -0.05) is 11.2 Å². The van der Waals surface area contributed by atoms with Gasteiger partial charge in [-0.2, -0.15) is 17.5 Å². The summed E-state index contributed by atoms with van der Waals surface area (Å²) < 4.78 is 70.5. The number of nitrogens with two attached hydrogens (primary N) is 1. The third-order valence-electron chi connectivity index (χ3n) is 6.42. The summed E-state index contributed by atoms with van der Waals surface area (Å²) in [5.41, 5.74) is 9.89. The number of alkyl halides is 3. The fourth-order valence-corrected chi connectivity index (χ4v) is 6.00. The first kappa shape index (κ1) is 27.5. The fraction of sp³-hybridized carbons (Fsp3) is 0.375. The van der Waals surface area contributed by atoms with E-state index < -0.39 is 22.2 Å². The molecule has 2 fully saturated rings. The van der Waals surface area contributed by atoms with E-state index in [0.29, 0.717) is 43.4 Å². The first-order valence-electron chi connectivity index (χ1n) is 11.4. The molecule has 2 aliphatic rings. The number of benzene rings is 1. The van der Waals surface area contributed by atoms with Crippen LogP contribution < -0.4 is 5.73 Å². The van der Waals surface area contributed by atoms with E-state index in [4.69, 9.17) is 24.9 Å². The zero-order chi connectivity index (χ0) is 27.9. The minimum atomic E-state index is -5.08. The predicted octanol–water partition coefficient (Wildman–Crippen LogP) is 3.65. The maximum atomic E-state index is 13.2. The van der Waals surface area contributed by atoms with E-state index in [0.717, 1.165) is 28.8 Å². The summed E-state index contributed by atoms with van der Waals surface area (Å²) in [4.78, 5) is 13.5. The minimum Gasteiger partial charge on any atom is -0.475 e. The van der Waals surface area contributed by atoms with E-state index in [9.17, 15) is 21.6 Å². The Labute approximate surface area is 216 Å². The molecule has 0 amide bonds. The Morgan fingerprint density at radius 1 is 1.16 bits per heavy atom. The van der Waals surface area contributed by atoms with Gasteiger partial charge in [0, 0.05) is 42.9 Å². The van der Waals surface area contributed by atoms with Crippen molar-refractivity contribution < 1.29 is 40.8 Å². The van der Waals surface area contributed by atoms with Crippen LogP contribution in [0.2, 0.25) is 0 Å². The molecule has 1 aromatic carbocycles. The molecule has 1 spiro atoms. The number of aliphatic carboxylic acids is 1. The van der Waals surface area contributed by atoms with Crippen LogP contribution in [0.25, 0.3) is 22.5 Å². The molecule has 2 saturated heterocycles. The number of carbonyl (C=O) groups is 1. The van der Waals surface area contributed by atoms with E-state index in [1.807, 2.05) is 26.0 Å². The molecule has 0 atom stereocenters. The van der Waals surface area contributed by atoms with Crippen LogP contribution in [-0.2, 0) is 19.6 Å². The number of halogens is 3. The van der Waals surface area contributed by atoms with E-state index in [-0.39, 0.29) is 10.3 Å². The smallest absolute Gasteiger partial charge is 0.475 e. The van der Waals surface area contributed by atoms with Crippen molar-refractivity contribution in [3.8, 4) is 22.5 Å². The molecule has 4 heterocycles. The number of pyridine rings is 1. The molecule has 2 aromatic heterocycles. The van der Waals surface area contributed by atoms with Gasteiger partial charge in [-0.05, 0) is 49.6 Å². The topological polar surface area (TPSA) is 149 Å². The number of aryl methyl sites for hydroxylation is 2. The standard InChI is InChI=1S/C22H24N4O4S.C2HF3O2/c1-14-3-4-17(31(27,28)26-11-22(12-26)5-6-29-13-22)9-18(14)16-8-19(21(23)24-10-16)20-7-15(2)25-30-20;3-2(4,5)1(6)7/h3-4,7-10H,5-6,11-13H2,1-2H3,(H2,23,24);(H,6,7). The number of hydrogen-bond acceptors (Lipinski definition) is 8. The summed E-state index contributed by atoms with van der Waals surface area (Å²) in [6.07, 6.45) is -2.52. The molecule has 0 aliphatic carbocycles. The predicted molar refractivity (Wildman–Crippen MR) is 129 cm³/mol. The van der Waals surface area contributed by atoms with Crippen molar-refractivity contribution in [2.45, 2.75) is 31.3 Å². The summed E-state index contributed by atoms with van der Waals surface area (Å²) in [5.74, 6) is -1.91. The summed E-state index contributed by atoms with van der Waals surface area (Å²) >= 11 is 0. The highest BCUT2D eigenvalue weighted by Crippen LogP contribution is 2.41. The first-order chi connectivity index (χ1) is 17.7. The van der Waals surface area contributed by atoms with Crippen molar-refractivity contribution in [1.29, 1.82) is 0 Å². The zero-order valence-electron chi connectivity index (χ0n) is 20.4. The molecule has 204 valence electrons. The van der Waals surface area contributed by atoms with Gasteiger partial charge in [0.1, 0.15) is 5.82 Å². The fourth-order valence-electron chi connectivity index (χ4n) is 4.30. The van der Waals surface area contributed by atoms with Gasteiger partial charge >= 0.3 is 12.1 Å². The number of carboxylic acid groups (broad SMARTS) is 1. The van der Waals surface area contributed by atoms with Gasteiger partial charge in [-0.25, -0.2) is 18.2 Å². The average Bonchev–Trinajstić information content (AvgIpc) is 3.48. The van der Waals surface area contributed by atoms with Crippen molar-refractivity contribution in [2.75, 3.05) is 32.0 Å². The number of carboxylic acids is 1. The lowest BCUT2D eigenvalue weighted by atomic mass is 9.81. The Morgan fingerprint density at radius 2 is 1.84 bits per heavy atom. The summed E-state index contributed by atoms with van der Waals surface area (Å²) in [5, 5.41) is 11.0. The maximum absolute atomic E-state index is 13.2. The van der Waals surface area contributed by atoms with Gasteiger partial charge in [0.05, 0.1) is 22.8 Å². The van der Waals surface area contributed by atoms with Crippen LogP contribution in [0.1, 0.15) is 17.7 Å². The SMILES string of the molecule is Cc1cc(-c2cc(-c3cc(S(=O)(=O)N4CC5(CCOC5)C4)ccc3C)cnc2N)on1.O=C(O)C(F)(F)F. The molecule has 3 aromatic rings. The van der Waals surface area contributed by atoms with Gasteiger partial charge in [-0.3, -0.25) is 0 Å². The van der Waals surface area contributed by atoms with E-state index in [1.54, 1.807) is 28.7 Å². The first-order valence-corrected chi connectivity index (χ1v) is 12.8. The molecule has 2 aliphatic heterocycles. The third-order valence-corrected chi connectivity index (χ3v) is 8.21. The highest BCUT2D eigenvalue weighted by atomic mass is 32.2. The maximum Gasteiger partial charge on any atom is 0.490 e. The van der Waals surface area contributed by atoms with Gasteiger partial charge in [0.25, 0.3) is 0 Å². The van der Waals surface area contributed by atoms with Crippen LogP contribution in [0.15, 0.2) is 45.9 Å². The number of aromatic nitrogens is 2. The normalized spacial score (nSPS) is 17.1. The van der Waals surface area contributed by atoms with Crippen LogP contribution in [-0.4, -0.2) is 66.4 Å². The molecule has 14 heteroatoms. The van der Waals surface area contributed by atoms with Gasteiger partial charge in [0.15, 0.2) is 5.76 Å². The molecule has 0 radical (unpaired) electrons. The molecule has 3 N–H and O–H groups in total. The third kappa shape index (κ3) is 5.51. The molecule has 0 unspecified atom stereocenters. The second kappa shape index (κ2) is 10.0. The zero-order valence-corrected chi connectivity index (χ0v) is 21.3. The number of anilines is 1. The van der Waals surface area contributed by atoms with E-state index in [1.165, 1.54) is 0 Å². The summed E-state index contributed by atoms with van der Waals surface area (Å²) in [7, 11) is -3.58. The van der Waals surface area contributed by atoms with Crippen molar-refractivity contribution in [2.24, 2.45) is 5.41 Å². The quantitative estimate of drug-likeness (QED) is 0.493. The van der Waals surface area contributed by atoms with Gasteiger partial charge < -0.3 is 20.1 Å². The number of rotatable bonds is 4. The molecular weight excluding hydrogens is 529 g/mol. The summed E-state index contributed by atoms with van der Waals surface area (Å²) in [6.45, 7) is 6.14. The molecule has 0 saturated carbocycles. The molecular formula is C24H25F3N4O6S. The highest BCUT2D eigenvalue weighted by Gasteiger charge is 2.50. The Bertz CT molecular complexity index is 1460. The van der Waals surface area contributed by atoms with Crippen LogP contribution >= 0.6 is 0 Å². The lowest BCUT2D eigenvalue weighted by molar-refractivity contribution is -0.192. The second-order valence-electron chi connectivity index (χ2n) is 9.34. The van der Waals surface area contributed by atoms with E-state index in [2.05, 4.69) is 10.1 Å². The largest absolute Gasteiger partial charge is 0.490 e. The Hall–Kier alpha value is -3.49. The lowest BCUT2D eigenvalue weighted by Gasteiger charge is -2.45. The van der Waals surface area contributed by atoms with Crippen LogP contribution in [0.4, 0.5) is 19.0 Å². The molecule has 5 rings (SSSR count). The number of nitrogen functional groups attached to an aromatic ring is 1.